The number of anilines is 1. The maximum Gasteiger partial charge on any atom is 0.235 e. The summed E-state index contributed by atoms with van der Waals surface area (Å²) in [5.41, 5.74) is 4.91. The summed E-state index contributed by atoms with van der Waals surface area (Å²) in [6.07, 6.45) is 9.88. The largest absolute Gasteiger partial charge is 0.325 e. The maximum absolute atomic E-state index is 12.7. The summed E-state index contributed by atoms with van der Waals surface area (Å²) < 4.78 is 2.12. The Balaban J connectivity index is 1.44. The van der Waals surface area contributed by atoms with Crippen molar-refractivity contribution in [3.63, 3.8) is 0 Å². The molecule has 1 amide bonds. The minimum atomic E-state index is -0.286. The Labute approximate surface area is 157 Å². The second kappa shape index (κ2) is 5.41. The van der Waals surface area contributed by atoms with Gasteiger partial charge in [-0.3, -0.25) is 9.20 Å². The Hall–Kier alpha value is -2.69. The van der Waals surface area contributed by atoms with Gasteiger partial charge in [0.25, 0.3) is 0 Å². The molecule has 2 saturated carbocycles. The van der Waals surface area contributed by atoms with Crippen molar-refractivity contribution >= 4 is 17.2 Å². The monoisotopic (exact) mass is 358 g/mol. The third kappa shape index (κ3) is 2.20. The standard InChI is InChI=1S/C22H22N4O/c27-21-22(9-1-2-10-22)17-8-7-15(13-18(17)23-21)16-4-3-11-26-19(12-14-5-6-14)24-25-20(16)26/h3-4,7-8,11,13-14H,1-2,5-6,9-10,12H2,(H,23,27). The molecule has 1 spiro atoms. The Morgan fingerprint density at radius 2 is 2.00 bits per heavy atom. The van der Waals surface area contributed by atoms with Crippen molar-refractivity contribution in [3.8, 4) is 11.1 Å². The van der Waals surface area contributed by atoms with Crippen molar-refractivity contribution in [2.45, 2.75) is 50.4 Å². The number of carbonyl (C=O) groups excluding carboxylic acids is 1. The van der Waals surface area contributed by atoms with Crippen LogP contribution in [-0.4, -0.2) is 20.5 Å². The number of benzene rings is 1. The zero-order valence-corrected chi connectivity index (χ0v) is 15.2. The van der Waals surface area contributed by atoms with Crippen LogP contribution in [0.15, 0.2) is 36.5 Å². The van der Waals surface area contributed by atoms with Crippen LogP contribution in [0.5, 0.6) is 0 Å². The molecule has 0 unspecified atom stereocenters. The summed E-state index contributed by atoms with van der Waals surface area (Å²) in [4.78, 5) is 12.7. The van der Waals surface area contributed by atoms with Gasteiger partial charge in [-0.1, -0.05) is 25.0 Å². The summed E-state index contributed by atoms with van der Waals surface area (Å²) in [6, 6.07) is 10.6. The van der Waals surface area contributed by atoms with Gasteiger partial charge in [-0.2, -0.15) is 0 Å². The molecule has 0 atom stereocenters. The zero-order chi connectivity index (χ0) is 18.0. The first-order valence-corrected chi connectivity index (χ1v) is 10.0. The molecule has 27 heavy (non-hydrogen) atoms. The molecule has 2 aromatic heterocycles. The summed E-state index contributed by atoms with van der Waals surface area (Å²) in [5.74, 6) is 2.01. The predicted octanol–water partition coefficient (Wildman–Crippen LogP) is 4.11. The van der Waals surface area contributed by atoms with Crippen molar-refractivity contribution in [2.75, 3.05) is 5.32 Å². The highest BCUT2D eigenvalue weighted by Gasteiger charge is 2.48. The maximum atomic E-state index is 12.7. The van der Waals surface area contributed by atoms with E-state index in [2.05, 4.69) is 56.4 Å². The van der Waals surface area contributed by atoms with Crippen LogP contribution in [0, 0.1) is 5.92 Å². The molecule has 2 fully saturated rings. The molecule has 0 radical (unpaired) electrons. The molecule has 0 saturated heterocycles. The van der Waals surface area contributed by atoms with Crippen molar-refractivity contribution in [3.05, 3.63) is 47.9 Å². The number of fused-ring (bicyclic) bond motifs is 3. The first-order chi connectivity index (χ1) is 13.2. The van der Waals surface area contributed by atoms with E-state index in [9.17, 15) is 4.79 Å². The first kappa shape index (κ1) is 15.4. The van der Waals surface area contributed by atoms with Gasteiger partial charge in [0.05, 0.1) is 5.41 Å². The van der Waals surface area contributed by atoms with E-state index < -0.39 is 0 Å². The van der Waals surface area contributed by atoms with Gasteiger partial charge in [0.15, 0.2) is 5.65 Å². The van der Waals surface area contributed by atoms with Gasteiger partial charge in [0.1, 0.15) is 5.82 Å². The highest BCUT2D eigenvalue weighted by Crippen LogP contribution is 2.49. The molecule has 2 aliphatic carbocycles. The average Bonchev–Trinajstić information content (AvgIpc) is 3.11. The highest BCUT2D eigenvalue weighted by molar-refractivity contribution is 6.07. The van der Waals surface area contributed by atoms with Gasteiger partial charge < -0.3 is 5.32 Å². The molecule has 3 aromatic rings. The summed E-state index contributed by atoms with van der Waals surface area (Å²) in [7, 11) is 0. The van der Waals surface area contributed by atoms with E-state index >= 15 is 0 Å². The number of hydrogen-bond donors (Lipinski definition) is 1. The number of nitrogens with one attached hydrogen (secondary N) is 1. The van der Waals surface area contributed by atoms with Crippen molar-refractivity contribution in [1.82, 2.24) is 14.6 Å². The van der Waals surface area contributed by atoms with Gasteiger partial charge in [0.2, 0.25) is 5.91 Å². The lowest BCUT2D eigenvalue weighted by Crippen LogP contribution is -2.30. The topological polar surface area (TPSA) is 59.3 Å². The van der Waals surface area contributed by atoms with Gasteiger partial charge in [0, 0.05) is 23.9 Å². The molecule has 0 bridgehead atoms. The average molecular weight is 358 g/mol. The van der Waals surface area contributed by atoms with E-state index in [4.69, 9.17) is 0 Å². The van der Waals surface area contributed by atoms with E-state index in [1.165, 1.54) is 18.4 Å². The molecular weight excluding hydrogens is 336 g/mol. The zero-order valence-electron chi connectivity index (χ0n) is 15.2. The fraction of sp³-hybridized carbons (Fsp3) is 0.409. The smallest absolute Gasteiger partial charge is 0.235 e. The lowest BCUT2D eigenvalue weighted by Gasteiger charge is -2.20. The number of aromatic nitrogens is 3. The number of rotatable bonds is 3. The Morgan fingerprint density at radius 1 is 1.15 bits per heavy atom. The van der Waals surface area contributed by atoms with Gasteiger partial charge in [-0.15, -0.1) is 10.2 Å². The Bertz CT molecular complexity index is 1070. The lowest BCUT2D eigenvalue weighted by atomic mass is 9.80. The van der Waals surface area contributed by atoms with E-state index in [0.29, 0.717) is 0 Å². The SMILES string of the molecule is O=C1Nc2cc(-c3cccn4c(CC5CC5)nnc34)ccc2C12CCCC2. The van der Waals surface area contributed by atoms with Crippen LogP contribution in [0.2, 0.25) is 0 Å². The van der Waals surface area contributed by atoms with Crippen molar-refractivity contribution in [2.24, 2.45) is 5.92 Å². The minimum absolute atomic E-state index is 0.180. The molecule has 3 aliphatic rings. The lowest BCUT2D eigenvalue weighted by molar-refractivity contribution is -0.120. The first-order valence-electron chi connectivity index (χ1n) is 10.0. The quantitative estimate of drug-likeness (QED) is 0.766. The van der Waals surface area contributed by atoms with Crippen LogP contribution in [0.4, 0.5) is 5.69 Å². The summed E-state index contributed by atoms with van der Waals surface area (Å²) in [6.45, 7) is 0. The van der Waals surface area contributed by atoms with E-state index in [1.54, 1.807) is 0 Å². The van der Waals surface area contributed by atoms with Crippen LogP contribution in [-0.2, 0) is 16.6 Å². The second-order valence-corrected chi connectivity index (χ2v) is 8.38. The molecule has 1 aliphatic heterocycles. The van der Waals surface area contributed by atoms with Gasteiger partial charge in [-0.05, 0) is 60.9 Å². The Morgan fingerprint density at radius 3 is 2.81 bits per heavy atom. The Kier molecular flexibility index (Phi) is 3.08. The van der Waals surface area contributed by atoms with Crippen molar-refractivity contribution < 1.29 is 4.79 Å². The minimum Gasteiger partial charge on any atom is -0.325 e. The van der Waals surface area contributed by atoms with Crippen LogP contribution in [0.25, 0.3) is 16.8 Å². The van der Waals surface area contributed by atoms with Gasteiger partial charge in [-0.25, -0.2) is 0 Å². The molecule has 5 heteroatoms. The molecule has 136 valence electrons. The predicted molar refractivity (Wildman–Crippen MR) is 104 cm³/mol. The van der Waals surface area contributed by atoms with E-state index in [1.807, 2.05) is 0 Å². The van der Waals surface area contributed by atoms with Gasteiger partial charge >= 0.3 is 0 Å². The molecule has 1 aromatic carbocycles. The molecule has 3 heterocycles. The molecular formula is C22H22N4O. The third-order valence-electron chi connectivity index (χ3n) is 6.66. The number of pyridine rings is 1. The van der Waals surface area contributed by atoms with Crippen LogP contribution in [0.3, 0.4) is 0 Å². The number of amides is 1. The molecule has 6 rings (SSSR count). The normalized spacial score (nSPS) is 20.4. The summed E-state index contributed by atoms with van der Waals surface area (Å²) in [5, 5.41) is 12.1. The van der Waals surface area contributed by atoms with Crippen LogP contribution >= 0.6 is 0 Å². The van der Waals surface area contributed by atoms with E-state index in [0.717, 1.165) is 66.3 Å². The van der Waals surface area contributed by atoms with E-state index in [-0.39, 0.29) is 11.3 Å². The third-order valence-corrected chi connectivity index (χ3v) is 6.66. The number of nitrogens with zero attached hydrogens (tertiary/aromatic N) is 3. The van der Waals surface area contributed by atoms with Crippen molar-refractivity contribution in [1.29, 1.82) is 0 Å². The fourth-order valence-corrected chi connectivity index (χ4v) is 4.98. The second-order valence-electron chi connectivity index (χ2n) is 8.38. The molecule has 1 N–H and O–H groups in total. The van der Waals surface area contributed by atoms with Crippen LogP contribution in [0.1, 0.15) is 49.9 Å². The fourth-order valence-electron chi connectivity index (χ4n) is 4.98. The summed E-state index contributed by atoms with van der Waals surface area (Å²) >= 11 is 0. The highest BCUT2D eigenvalue weighted by atomic mass is 16.2. The number of hydrogen-bond acceptors (Lipinski definition) is 3. The molecule has 5 nitrogen and oxygen atoms in total. The van der Waals surface area contributed by atoms with Crippen LogP contribution < -0.4 is 5.32 Å². The number of carbonyl (C=O) groups is 1.